The van der Waals surface area contributed by atoms with E-state index in [2.05, 4.69) is 0 Å². The summed E-state index contributed by atoms with van der Waals surface area (Å²) in [5, 5.41) is 11.5. The molecule has 1 N–H and O–H groups in total. The molecule has 3 aromatic rings. The lowest BCUT2D eigenvalue weighted by Crippen LogP contribution is -2.47. The molecule has 3 heteroatoms. The number of aliphatic hydroxyl groups is 1. The zero-order valence-corrected chi connectivity index (χ0v) is 14.0. The van der Waals surface area contributed by atoms with Crippen molar-refractivity contribution in [3.05, 3.63) is 90.0 Å². The number of para-hydroxylation sites is 1. The van der Waals surface area contributed by atoms with Gasteiger partial charge in [0.15, 0.2) is 5.60 Å². The van der Waals surface area contributed by atoms with Gasteiger partial charge in [0, 0.05) is 23.9 Å². The summed E-state index contributed by atoms with van der Waals surface area (Å²) in [7, 11) is 1.89. The Hall–Kier alpha value is -2.91. The van der Waals surface area contributed by atoms with E-state index in [4.69, 9.17) is 0 Å². The van der Waals surface area contributed by atoms with E-state index < -0.39 is 5.60 Å². The van der Waals surface area contributed by atoms with Gasteiger partial charge < -0.3 is 10.0 Å². The highest BCUT2D eigenvalue weighted by Crippen LogP contribution is 2.42. The van der Waals surface area contributed by atoms with Crippen LogP contribution in [0.15, 0.2) is 78.9 Å². The van der Waals surface area contributed by atoms with Crippen LogP contribution in [-0.2, 0) is 5.60 Å². The first-order valence-electron chi connectivity index (χ1n) is 8.33. The summed E-state index contributed by atoms with van der Waals surface area (Å²) in [5.74, 6) is -0.246. The second-order valence-electron chi connectivity index (χ2n) is 6.47. The maximum atomic E-state index is 13.2. The van der Waals surface area contributed by atoms with Crippen LogP contribution in [0.4, 0.5) is 5.69 Å². The fourth-order valence-corrected chi connectivity index (χ4v) is 3.61. The Labute approximate surface area is 147 Å². The van der Waals surface area contributed by atoms with Crippen molar-refractivity contribution in [2.45, 2.75) is 5.60 Å². The van der Waals surface area contributed by atoms with Gasteiger partial charge in [0.25, 0.3) is 0 Å². The van der Waals surface area contributed by atoms with Crippen LogP contribution in [0.25, 0.3) is 11.1 Å². The molecule has 1 aliphatic carbocycles. The highest BCUT2D eigenvalue weighted by atomic mass is 16.3. The van der Waals surface area contributed by atoms with Gasteiger partial charge in [0.2, 0.25) is 5.78 Å². The fourth-order valence-electron chi connectivity index (χ4n) is 3.61. The van der Waals surface area contributed by atoms with Crippen LogP contribution in [-0.4, -0.2) is 24.5 Å². The maximum Gasteiger partial charge on any atom is 0.201 e. The SMILES string of the molecule is CN(CC1(O)C(=O)c2ccccc2-c2ccccc21)c1ccccc1. The van der Waals surface area contributed by atoms with E-state index in [9.17, 15) is 9.90 Å². The molecule has 25 heavy (non-hydrogen) atoms. The lowest BCUT2D eigenvalue weighted by atomic mass is 9.74. The van der Waals surface area contributed by atoms with Gasteiger partial charge in [-0.3, -0.25) is 4.79 Å². The Morgan fingerprint density at radius 2 is 1.36 bits per heavy atom. The summed E-state index contributed by atoms with van der Waals surface area (Å²) in [6.07, 6.45) is 0. The molecule has 1 atom stereocenters. The molecule has 0 fully saturated rings. The molecule has 0 bridgehead atoms. The van der Waals surface area contributed by atoms with Crippen molar-refractivity contribution < 1.29 is 9.90 Å². The molecule has 0 radical (unpaired) electrons. The van der Waals surface area contributed by atoms with Gasteiger partial charge in [-0.2, -0.15) is 0 Å². The predicted molar refractivity (Wildman–Crippen MR) is 99.8 cm³/mol. The molecular weight excluding hydrogens is 310 g/mol. The number of likely N-dealkylation sites (N-methyl/N-ethyl adjacent to an activating group) is 1. The van der Waals surface area contributed by atoms with Gasteiger partial charge >= 0.3 is 0 Å². The number of Topliss-reactive ketones (excluding diaryl/α,β-unsaturated/α-hetero) is 1. The van der Waals surface area contributed by atoms with Crippen LogP contribution in [0.5, 0.6) is 0 Å². The van der Waals surface area contributed by atoms with Gasteiger partial charge in [-0.1, -0.05) is 66.7 Å². The summed E-state index contributed by atoms with van der Waals surface area (Å²) in [5.41, 5.74) is 2.43. The van der Waals surface area contributed by atoms with Gasteiger partial charge in [-0.25, -0.2) is 0 Å². The van der Waals surface area contributed by atoms with Crippen LogP contribution < -0.4 is 4.90 Å². The third kappa shape index (κ3) is 2.44. The molecule has 0 aromatic heterocycles. The number of carbonyl (C=O) groups excluding carboxylic acids is 1. The third-order valence-electron chi connectivity index (χ3n) is 4.87. The topological polar surface area (TPSA) is 40.5 Å². The number of hydrogen-bond donors (Lipinski definition) is 1. The molecule has 0 saturated heterocycles. The van der Waals surface area contributed by atoms with Crippen LogP contribution in [0.3, 0.4) is 0 Å². The number of hydrogen-bond acceptors (Lipinski definition) is 3. The summed E-state index contributed by atoms with van der Waals surface area (Å²) < 4.78 is 0. The Morgan fingerprint density at radius 1 is 0.800 bits per heavy atom. The number of rotatable bonds is 3. The number of fused-ring (bicyclic) bond motifs is 3. The minimum Gasteiger partial charge on any atom is -0.375 e. The maximum absolute atomic E-state index is 13.2. The second-order valence-corrected chi connectivity index (χ2v) is 6.47. The molecular formula is C22H19NO2. The average molecular weight is 329 g/mol. The normalized spacial score (nSPS) is 18.4. The lowest BCUT2D eigenvalue weighted by Gasteiger charge is -2.37. The highest BCUT2D eigenvalue weighted by Gasteiger charge is 2.45. The molecule has 1 aliphatic rings. The van der Waals surface area contributed by atoms with Gasteiger partial charge in [0.05, 0.1) is 6.54 Å². The molecule has 0 heterocycles. The van der Waals surface area contributed by atoms with Crippen LogP contribution in [0.2, 0.25) is 0 Å². The standard InChI is InChI=1S/C22H19NO2/c1-23(16-9-3-2-4-10-16)15-22(25)20-14-8-7-12-18(20)17-11-5-6-13-19(17)21(22)24/h2-14,25H,15H2,1H3. The van der Waals surface area contributed by atoms with E-state index in [1.807, 2.05) is 84.7 Å². The molecule has 0 saturated carbocycles. The number of nitrogens with zero attached hydrogens (tertiary/aromatic N) is 1. The first-order chi connectivity index (χ1) is 12.1. The molecule has 0 amide bonds. The van der Waals surface area contributed by atoms with Crippen molar-refractivity contribution >= 4 is 11.5 Å². The van der Waals surface area contributed by atoms with Crippen molar-refractivity contribution in [1.82, 2.24) is 0 Å². The van der Waals surface area contributed by atoms with E-state index in [1.165, 1.54) is 0 Å². The van der Waals surface area contributed by atoms with Gasteiger partial charge in [-0.05, 0) is 23.3 Å². The van der Waals surface area contributed by atoms with Crippen molar-refractivity contribution in [2.24, 2.45) is 0 Å². The van der Waals surface area contributed by atoms with Crippen molar-refractivity contribution in [3.63, 3.8) is 0 Å². The van der Waals surface area contributed by atoms with Crippen molar-refractivity contribution in [1.29, 1.82) is 0 Å². The smallest absolute Gasteiger partial charge is 0.201 e. The van der Waals surface area contributed by atoms with Crippen molar-refractivity contribution in [3.8, 4) is 11.1 Å². The molecule has 124 valence electrons. The summed E-state index contributed by atoms with van der Waals surface area (Å²) in [4.78, 5) is 15.1. The number of carbonyl (C=O) groups is 1. The Kier molecular flexibility index (Phi) is 3.66. The average Bonchev–Trinajstić information content (AvgIpc) is 2.67. The first kappa shape index (κ1) is 15.6. The molecule has 1 unspecified atom stereocenters. The Morgan fingerprint density at radius 3 is 2.08 bits per heavy atom. The quantitative estimate of drug-likeness (QED) is 0.793. The van der Waals surface area contributed by atoms with Gasteiger partial charge in [-0.15, -0.1) is 0 Å². The van der Waals surface area contributed by atoms with E-state index in [1.54, 1.807) is 6.07 Å². The minimum atomic E-state index is -1.57. The monoisotopic (exact) mass is 329 g/mol. The fraction of sp³-hybridized carbons (Fsp3) is 0.136. The van der Waals surface area contributed by atoms with Crippen LogP contribution in [0, 0.1) is 0 Å². The van der Waals surface area contributed by atoms with E-state index >= 15 is 0 Å². The summed E-state index contributed by atoms with van der Waals surface area (Å²) >= 11 is 0. The first-order valence-corrected chi connectivity index (χ1v) is 8.33. The minimum absolute atomic E-state index is 0.196. The highest BCUT2D eigenvalue weighted by molar-refractivity contribution is 6.12. The van der Waals surface area contributed by atoms with Crippen molar-refractivity contribution in [2.75, 3.05) is 18.5 Å². The van der Waals surface area contributed by atoms with E-state index in [0.717, 1.165) is 16.8 Å². The molecule has 0 aliphatic heterocycles. The third-order valence-corrected chi connectivity index (χ3v) is 4.87. The Bertz CT molecular complexity index is 936. The Balaban J connectivity index is 1.83. The molecule has 3 aromatic carbocycles. The molecule has 0 spiro atoms. The number of ketones is 1. The number of benzene rings is 3. The summed E-state index contributed by atoms with van der Waals surface area (Å²) in [6.45, 7) is 0.196. The largest absolute Gasteiger partial charge is 0.375 e. The molecule has 3 nitrogen and oxygen atoms in total. The second kappa shape index (κ2) is 5.87. The summed E-state index contributed by atoms with van der Waals surface area (Å²) in [6, 6.07) is 24.9. The van der Waals surface area contributed by atoms with Crippen LogP contribution >= 0.6 is 0 Å². The lowest BCUT2D eigenvalue weighted by molar-refractivity contribution is 0.0333. The van der Waals surface area contributed by atoms with Crippen LogP contribution in [0.1, 0.15) is 15.9 Å². The molecule has 4 rings (SSSR count). The van der Waals surface area contributed by atoms with Gasteiger partial charge in [0.1, 0.15) is 0 Å². The number of anilines is 1. The van der Waals surface area contributed by atoms with E-state index in [0.29, 0.717) is 11.1 Å². The predicted octanol–water partition coefficient (Wildman–Crippen LogP) is 3.87. The van der Waals surface area contributed by atoms with E-state index in [-0.39, 0.29) is 12.3 Å². The zero-order chi connectivity index (χ0) is 17.4. The zero-order valence-electron chi connectivity index (χ0n) is 14.0.